The Balaban J connectivity index is 3.75. The number of carbonyl (C=O) groups excluding carboxylic acids is 4. The van der Waals surface area contributed by atoms with E-state index in [2.05, 4.69) is 18.9 Å². The van der Waals surface area contributed by atoms with E-state index < -0.39 is 46.2 Å². The molecule has 0 aromatic rings. The van der Waals surface area contributed by atoms with Crippen molar-refractivity contribution in [3.63, 3.8) is 0 Å². The number of hydrogen-bond donors (Lipinski definition) is 0. The molecule has 0 bridgehead atoms. The minimum absolute atomic E-state index is 0.421. The average Bonchev–Trinajstić information content (AvgIpc) is 2.78. The highest BCUT2D eigenvalue weighted by molar-refractivity contribution is 6.17. The third-order valence-corrected chi connectivity index (χ3v) is 2.75. The Kier molecular flexibility index (Phi) is 6.07. The van der Waals surface area contributed by atoms with Crippen LogP contribution in [0.5, 0.6) is 0 Å². The summed E-state index contributed by atoms with van der Waals surface area (Å²) in [6.45, 7) is 0. The standard InChI is InChI=1S/C14H14O9/c1-19-11(15)7-5-23-6-8(12(16)20-2)10(14(18)22-4)9(7)13(17)21-3/h5-6H,1-4H3. The Bertz CT molecular complexity index is 583. The van der Waals surface area contributed by atoms with Crippen molar-refractivity contribution >= 4 is 23.9 Å². The van der Waals surface area contributed by atoms with Crippen LogP contribution < -0.4 is 0 Å². The van der Waals surface area contributed by atoms with Crippen LogP contribution in [0.25, 0.3) is 0 Å². The van der Waals surface area contributed by atoms with E-state index >= 15 is 0 Å². The van der Waals surface area contributed by atoms with Gasteiger partial charge in [-0.05, 0) is 0 Å². The smallest absolute Gasteiger partial charge is 0.341 e. The van der Waals surface area contributed by atoms with Crippen LogP contribution in [0.2, 0.25) is 0 Å². The van der Waals surface area contributed by atoms with Crippen molar-refractivity contribution in [2.45, 2.75) is 0 Å². The highest BCUT2D eigenvalue weighted by Crippen LogP contribution is 2.28. The predicted octanol–water partition coefficient (Wildman–Crippen LogP) is -0.227. The van der Waals surface area contributed by atoms with Crippen LogP contribution >= 0.6 is 0 Å². The third kappa shape index (κ3) is 3.57. The highest BCUT2D eigenvalue weighted by Gasteiger charge is 2.36. The van der Waals surface area contributed by atoms with E-state index in [9.17, 15) is 19.2 Å². The summed E-state index contributed by atoms with van der Waals surface area (Å²) in [5.41, 5.74) is -1.93. The Morgan fingerprint density at radius 1 is 0.652 bits per heavy atom. The minimum atomic E-state index is -1.07. The summed E-state index contributed by atoms with van der Waals surface area (Å²) in [7, 11) is 4.20. The fourth-order valence-electron chi connectivity index (χ4n) is 1.71. The molecule has 0 saturated carbocycles. The molecule has 124 valence electrons. The van der Waals surface area contributed by atoms with Gasteiger partial charge in [0.05, 0.1) is 39.6 Å². The molecule has 1 aliphatic rings. The first-order valence-corrected chi connectivity index (χ1v) is 6.06. The molecule has 9 heteroatoms. The van der Waals surface area contributed by atoms with Gasteiger partial charge in [-0.15, -0.1) is 0 Å². The number of rotatable bonds is 4. The molecule has 0 spiro atoms. The predicted molar refractivity (Wildman–Crippen MR) is 72.3 cm³/mol. The van der Waals surface area contributed by atoms with Gasteiger partial charge in [0.15, 0.2) is 0 Å². The van der Waals surface area contributed by atoms with E-state index in [4.69, 9.17) is 4.74 Å². The van der Waals surface area contributed by atoms with Crippen molar-refractivity contribution in [3.05, 3.63) is 34.8 Å². The molecule has 9 nitrogen and oxygen atoms in total. The Hall–Kier alpha value is -3.10. The number of hydrogen-bond acceptors (Lipinski definition) is 9. The first-order chi connectivity index (χ1) is 10.9. The number of esters is 4. The lowest BCUT2D eigenvalue weighted by Crippen LogP contribution is -2.23. The molecule has 23 heavy (non-hydrogen) atoms. The van der Waals surface area contributed by atoms with Crippen molar-refractivity contribution in [3.8, 4) is 0 Å². The van der Waals surface area contributed by atoms with E-state index in [1.165, 1.54) is 0 Å². The molecule has 0 aromatic heterocycles. The van der Waals surface area contributed by atoms with Crippen LogP contribution in [0.15, 0.2) is 34.8 Å². The van der Waals surface area contributed by atoms with Gasteiger partial charge in [-0.3, -0.25) is 0 Å². The van der Waals surface area contributed by atoms with Crippen LogP contribution in [0.3, 0.4) is 0 Å². The summed E-state index contributed by atoms with van der Waals surface area (Å²) in [6.07, 6.45) is 1.69. The topological polar surface area (TPSA) is 114 Å². The Morgan fingerprint density at radius 3 is 1.22 bits per heavy atom. The van der Waals surface area contributed by atoms with E-state index in [1.54, 1.807) is 0 Å². The first-order valence-electron chi connectivity index (χ1n) is 6.06. The molecule has 0 aliphatic carbocycles. The molecule has 1 heterocycles. The van der Waals surface area contributed by atoms with Gasteiger partial charge < -0.3 is 23.7 Å². The van der Waals surface area contributed by atoms with Crippen molar-refractivity contribution in [2.75, 3.05) is 28.4 Å². The summed E-state index contributed by atoms with van der Waals surface area (Å²) in [4.78, 5) is 47.8. The van der Waals surface area contributed by atoms with Gasteiger partial charge >= 0.3 is 23.9 Å². The lowest BCUT2D eigenvalue weighted by Gasteiger charge is -2.12. The maximum absolute atomic E-state index is 12.1. The van der Waals surface area contributed by atoms with E-state index in [0.29, 0.717) is 0 Å². The molecule has 0 N–H and O–H groups in total. The van der Waals surface area contributed by atoms with Crippen LogP contribution in [-0.4, -0.2) is 52.3 Å². The fraction of sp³-hybridized carbons (Fsp3) is 0.286. The van der Waals surface area contributed by atoms with Crippen LogP contribution in [0.1, 0.15) is 0 Å². The molecule has 0 fully saturated rings. The van der Waals surface area contributed by atoms with Gasteiger partial charge in [0.1, 0.15) is 23.7 Å². The van der Waals surface area contributed by atoms with Crippen molar-refractivity contribution in [2.24, 2.45) is 0 Å². The van der Waals surface area contributed by atoms with E-state index in [-0.39, 0.29) is 0 Å². The summed E-state index contributed by atoms with van der Waals surface area (Å²) in [5, 5.41) is 0. The molecule has 0 aromatic carbocycles. The van der Waals surface area contributed by atoms with Gasteiger partial charge in [-0.1, -0.05) is 0 Å². The molecule has 0 saturated heterocycles. The highest BCUT2D eigenvalue weighted by atomic mass is 16.5. The van der Waals surface area contributed by atoms with Gasteiger partial charge in [0.25, 0.3) is 0 Å². The summed E-state index contributed by atoms with van der Waals surface area (Å²) in [6, 6.07) is 0. The maximum atomic E-state index is 12.1. The van der Waals surface area contributed by atoms with Crippen molar-refractivity contribution in [1.29, 1.82) is 0 Å². The number of methoxy groups -OCH3 is 4. The molecule has 0 atom stereocenters. The van der Waals surface area contributed by atoms with Crippen molar-refractivity contribution < 1.29 is 42.9 Å². The summed E-state index contributed by atoms with van der Waals surface area (Å²) in [5.74, 6) is -4.10. The second-order valence-corrected chi connectivity index (χ2v) is 3.92. The van der Waals surface area contributed by atoms with Gasteiger partial charge in [-0.2, -0.15) is 0 Å². The first kappa shape index (κ1) is 18.0. The maximum Gasteiger partial charge on any atom is 0.341 e. The molecule has 1 aliphatic heterocycles. The van der Waals surface area contributed by atoms with Crippen LogP contribution in [0, 0.1) is 0 Å². The second kappa shape index (κ2) is 7.78. The normalized spacial score (nSPS) is 13.7. The Labute approximate surface area is 131 Å². The average molecular weight is 326 g/mol. The fourth-order valence-corrected chi connectivity index (χ4v) is 1.71. The monoisotopic (exact) mass is 326 g/mol. The van der Waals surface area contributed by atoms with E-state index in [0.717, 1.165) is 41.0 Å². The third-order valence-electron chi connectivity index (χ3n) is 2.75. The van der Waals surface area contributed by atoms with Crippen LogP contribution in [0.4, 0.5) is 0 Å². The Morgan fingerprint density at radius 2 is 0.957 bits per heavy atom. The quantitative estimate of drug-likeness (QED) is 0.510. The molecule has 0 radical (unpaired) electrons. The molecule has 0 amide bonds. The summed E-state index contributed by atoms with van der Waals surface area (Å²) >= 11 is 0. The lowest BCUT2D eigenvalue weighted by molar-refractivity contribution is -0.141. The molecule has 1 rings (SSSR count). The van der Waals surface area contributed by atoms with Crippen LogP contribution in [-0.2, 0) is 42.9 Å². The second-order valence-electron chi connectivity index (χ2n) is 3.92. The largest absolute Gasteiger partial charge is 0.471 e. The van der Waals surface area contributed by atoms with Gasteiger partial charge in [0.2, 0.25) is 0 Å². The zero-order valence-electron chi connectivity index (χ0n) is 12.8. The molecular weight excluding hydrogens is 312 g/mol. The SMILES string of the molecule is COC(=O)C1=COC=C(C(=O)OC)C(C(=O)OC)=C1C(=O)OC. The number of carbonyl (C=O) groups is 4. The van der Waals surface area contributed by atoms with Gasteiger partial charge in [-0.25, -0.2) is 19.2 Å². The number of ether oxygens (including phenoxy) is 5. The molecular formula is C14H14O9. The lowest BCUT2D eigenvalue weighted by atomic mass is 9.95. The van der Waals surface area contributed by atoms with Gasteiger partial charge in [0, 0.05) is 0 Å². The zero-order chi connectivity index (χ0) is 17.6. The van der Waals surface area contributed by atoms with Crippen molar-refractivity contribution in [1.82, 2.24) is 0 Å². The molecule has 0 unspecified atom stereocenters. The zero-order valence-corrected chi connectivity index (χ0v) is 12.8. The summed E-state index contributed by atoms with van der Waals surface area (Å²) < 4.78 is 23.1. The minimum Gasteiger partial charge on any atom is -0.471 e. The van der Waals surface area contributed by atoms with E-state index in [1.807, 2.05) is 0 Å².